The minimum Gasteiger partial charge on any atom is -0.308 e. The molecule has 2 aromatic rings. The standard InChI is InChI=1S/C17H23N3/c1-17(2,3)13-6-4-12(5-7-13)16-10-15(19-20-16)11-18-14-8-9-14/h4-7,10,14,18H,8-9,11H2,1-3H3,(H,19,20). The van der Waals surface area contributed by atoms with Crippen LogP contribution in [0.1, 0.15) is 44.9 Å². The Bertz CT molecular complexity index is 571. The van der Waals surface area contributed by atoms with Crippen molar-refractivity contribution in [3.63, 3.8) is 0 Å². The van der Waals surface area contributed by atoms with Gasteiger partial charge >= 0.3 is 0 Å². The fourth-order valence-corrected chi connectivity index (χ4v) is 2.28. The van der Waals surface area contributed by atoms with Gasteiger partial charge in [0.05, 0.1) is 5.69 Å². The molecule has 1 saturated carbocycles. The van der Waals surface area contributed by atoms with E-state index in [9.17, 15) is 0 Å². The van der Waals surface area contributed by atoms with Crippen LogP contribution in [0.25, 0.3) is 11.3 Å². The maximum Gasteiger partial charge on any atom is 0.0924 e. The van der Waals surface area contributed by atoms with Crippen LogP contribution < -0.4 is 5.32 Å². The number of H-pyrrole nitrogens is 1. The molecular weight excluding hydrogens is 246 g/mol. The van der Waals surface area contributed by atoms with E-state index in [2.05, 4.69) is 66.6 Å². The van der Waals surface area contributed by atoms with Gasteiger partial charge in [-0.1, -0.05) is 45.0 Å². The van der Waals surface area contributed by atoms with Gasteiger partial charge in [-0.3, -0.25) is 5.10 Å². The molecule has 20 heavy (non-hydrogen) atoms. The monoisotopic (exact) mass is 269 g/mol. The van der Waals surface area contributed by atoms with E-state index in [0.29, 0.717) is 0 Å². The van der Waals surface area contributed by atoms with E-state index in [1.165, 1.54) is 24.0 Å². The fraction of sp³-hybridized carbons (Fsp3) is 0.471. The summed E-state index contributed by atoms with van der Waals surface area (Å²) in [5, 5.41) is 11.0. The molecule has 0 spiro atoms. The molecule has 1 aromatic heterocycles. The first kappa shape index (κ1) is 13.4. The van der Waals surface area contributed by atoms with Gasteiger partial charge in [-0.25, -0.2) is 0 Å². The van der Waals surface area contributed by atoms with Gasteiger partial charge in [0, 0.05) is 23.8 Å². The lowest BCUT2D eigenvalue weighted by atomic mass is 9.86. The first-order valence-electron chi connectivity index (χ1n) is 7.41. The van der Waals surface area contributed by atoms with Gasteiger partial charge in [-0.15, -0.1) is 0 Å². The highest BCUT2D eigenvalue weighted by Crippen LogP contribution is 2.25. The summed E-state index contributed by atoms with van der Waals surface area (Å²) in [5.74, 6) is 0. The van der Waals surface area contributed by atoms with Crippen molar-refractivity contribution >= 4 is 0 Å². The van der Waals surface area contributed by atoms with Crippen LogP contribution in [0.15, 0.2) is 30.3 Å². The zero-order valence-corrected chi connectivity index (χ0v) is 12.5. The second-order valence-corrected chi connectivity index (χ2v) is 6.76. The van der Waals surface area contributed by atoms with Gasteiger partial charge in [-0.05, 0) is 29.9 Å². The average Bonchev–Trinajstić information content (AvgIpc) is 3.13. The molecule has 3 rings (SSSR count). The molecule has 1 aromatic carbocycles. The Morgan fingerprint density at radius 1 is 1.20 bits per heavy atom. The van der Waals surface area contributed by atoms with Crippen LogP contribution in [0.5, 0.6) is 0 Å². The summed E-state index contributed by atoms with van der Waals surface area (Å²) in [6, 6.07) is 11.6. The second-order valence-electron chi connectivity index (χ2n) is 6.76. The van der Waals surface area contributed by atoms with Crippen molar-refractivity contribution in [2.75, 3.05) is 0 Å². The van der Waals surface area contributed by atoms with Crippen molar-refractivity contribution in [2.24, 2.45) is 0 Å². The summed E-state index contributed by atoms with van der Waals surface area (Å²) in [5.41, 5.74) is 4.91. The van der Waals surface area contributed by atoms with Crippen molar-refractivity contribution in [1.29, 1.82) is 0 Å². The Labute approximate surface area is 120 Å². The predicted octanol–water partition coefficient (Wildman–Crippen LogP) is 3.63. The van der Waals surface area contributed by atoms with Gasteiger partial charge in [0.2, 0.25) is 0 Å². The lowest BCUT2D eigenvalue weighted by molar-refractivity contribution is 0.590. The number of aromatic nitrogens is 2. The van der Waals surface area contributed by atoms with Crippen LogP contribution in [0.2, 0.25) is 0 Å². The third-order valence-electron chi connectivity index (χ3n) is 3.84. The molecule has 3 nitrogen and oxygen atoms in total. The predicted molar refractivity (Wildman–Crippen MR) is 82.6 cm³/mol. The first-order valence-corrected chi connectivity index (χ1v) is 7.41. The quantitative estimate of drug-likeness (QED) is 0.890. The van der Waals surface area contributed by atoms with Crippen molar-refractivity contribution in [2.45, 2.75) is 51.6 Å². The number of hydrogen-bond donors (Lipinski definition) is 2. The van der Waals surface area contributed by atoms with E-state index in [1.807, 2.05) is 0 Å². The molecule has 1 heterocycles. The molecule has 2 N–H and O–H groups in total. The highest BCUT2D eigenvalue weighted by atomic mass is 15.1. The summed E-state index contributed by atoms with van der Waals surface area (Å²) in [7, 11) is 0. The van der Waals surface area contributed by atoms with Crippen LogP contribution in [-0.4, -0.2) is 16.2 Å². The first-order chi connectivity index (χ1) is 9.52. The Morgan fingerprint density at radius 2 is 1.90 bits per heavy atom. The number of nitrogens with one attached hydrogen (secondary N) is 2. The van der Waals surface area contributed by atoms with Crippen LogP contribution in [0.4, 0.5) is 0 Å². The maximum absolute atomic E-state index is 4.41. The zero-order valence-electron chi connectivity index (χ0n) is 12.5. The normalized spacial score (nSPS) is 15.6. The van der Waals surface area contributed by atoms with Crippen LogP contribution in [0.3, 0.4) is 0 Å². The molecule has 0 atom stereocenters. The summed E-state index contributed by atoms with van der Waals surface area (Å²) < 4.78 is 0. The molecule has 0 aliphatic heterocycles. The van der Waals surface area contributed by atoms with Gasteiger partial charge in [0.25, 0.3) is 0 Å². The molecule has 1 aliphatic rings. The Kier molecular flexibility index (Phi) is 3.38. The van der Waals surface area contributed by atoms with E-state index in [0.717, 1.165) is 24.0 Å². The third kappa shape index (κ3) is 3.10. The lowest BCUT2D eigenvalue weighted by Crippen LogP contribution is -2.15. The molecule has 0 radical (unpaired) electrons. The molecule has 3 heteroatoms. The minimum absolute atomic E-state index is 0.198. The van der Waals surface area contributed by atoms with Crippen LogP contribution >= 0.6 is 0 Å². The van der Waals surface area contributed by atoms with Gasteiger partial charge in [0.1, 0.15) is 0 Å². The maximum atomic E-state index is 4.41. The molecule has 1 aliphatic carbocycles. The highest BCUT2D eigenvalue weighted by Gasteiger charge is 2.20. The van der Waals surface area contributed by atoms with E-state index in [1.54, 1.807) is 0 Å². The Hall–Kier alpha value is -1.61. The zero-order chi connectivity index (χ0) is 14.2. The fourth-order valence-electron chi connectivity index (χ4n) is 2.28. The van der Waals surface area contributed by atoms with Crippen LogP contribution in [0, 0.1) is 0 Å². The molecule has 0 unspecified atom stereocenters. The van der Waals surface area contributed by atoms with Gasteiger partial charge < -0.3 is 5.32 Å². The highest BCUT2D eigenvalue weighted by molar-refractivity contribution is 5.59. The van der Waals surface area contributed by atoms with E-state index in [4.69, 9.17) is 0 Å². The molecule has 0 amide bonds. The number of nitrogens with zero attached hydrogens (tertiary/aromatic N) is 1. The van der Waals surface area contributed by atoms with E-state index >= 15 is 0 Å². The SMILES string of the molecule is CC(C)(C)c1ccc(-c2cc(CNC3CC3)[nH]n2)cc1. The summed E-state index contributed by atoms with van der Waals surface area (Å²) in [6.45, 7) is 7.59. The molecular formula is C17H23N3. The van der Waals surface area contributed by atoms with E-state index in [-0.39, 0.29) is 5.41 Å². The number of hydrogen-bond acceptors (Lipinski definition) is 2. The molecule has 0 saturated heterocycles. The van der Waals surface area contributed by atoms with Gasteiger partial charge in [0.15, 0.2) is 0 Å². The van der Waals surface area contributed by atoms with Crippen molar-refractivity contribution in [1.82, 2.24) is 15.5 Å². The lowest BCUT2D eigenvalue weighted by Gasteiger charge is -2.18. The number of aromatic amines is 1. The van der Waals surface area contributed by atoms with Crippen molar-refractivity contribution < 1.29 is 0 Å². The summed E-state index contributed by atoms with van der Waals surface area (Å²) >= 11 is 0. The third-order valence-corrected chi connectivity index (χ3v) is 3.84. The second kappa shape index (κ2) is 5.06. The molecule has 106 valence electrons. The van der Waals surface area contributed by atoms with Crippen molar-refractivity contribution in [3.8, 4) is 11.3 Å². The average molecular weight is 269 g/mol. The molecule has 0 bridgehead atoms. The number of rotatable bonds is 4. The van der Waals surface area contributed by atoms with Gasteiger partial charge in [-0.2, -0.15) is 5.10 Å². The summed E-state index contributed by atoms with van der Waals surface area (Å²) in [4.78, 5) is 0. The topological polar surface area (TPSA) is 40.7 Å². The van der Waals surface area contributed by atoms with Crippen LogP contribution in [-0.2, 0) is 12.0 Å². The van der Waals surface area contributed by atoms with Crippen molar-refractivity contribution in [3.05, 3.63) is 41.6 Å². The summed E-state index contributed by atoms with van der Waals surface area (Å²) in [6.07, 6.45) is 2.63. The Balaban J connectivity index is 1.71. The largest absolute Gasteiger partial charge is 0.308 e. The Morgan fingerprint density at radius 3 is 2.50 bits per heavy atom. The molecule has 1 fully saturated rings. The number of benzene rings is 1. The minimum atomic E-state index is 0.198. The van der Waals surface area contributed by atoms with E-state index < -0.39 is 0 Å². The smallest absolute Gasteiger partial charge is 0.0924 e.